The Morgan fingerprint density at radius 3 is 2.00 bits per heavy atom. The molecular weight excluding hydrogens is 204 g/mol. The van der Waals surface area contributed by atoms with E-state index in [0.717, 1.165) is 29.5 Å². The molecule has 0 aliphatic rings. The minimum absolute atomic E-state index is 0.0203. The Morgan fingerprint density at radius 1 is 1.06 bits per heavy atom. The lowest BCUT2D eigenvalue weighted by molar-refractivity contribution is -0.117. The number of aliphatic hydroxyl groups is 2. The van der Waals surface area contributed by atoms with Crippen LogP contribution >= 0.6 is 0 Å². The Morgan fingerprint density at radius 2 is 1.56 bits per heavy atom. The molecule has 0 saturated carbocycles. The van der Waals surface area contributed by atoms with E-state index in [4.69, 9.17) is 10.2 Å². The van der Waals surface area contributed by atoms with Crippen molar-refractivity contribution in [3.05, 3.63) is 34.9 Å². The van der Waals surface area contributed by atoms with E-state index in [1.54, 1.807) is 13.0 Å². The van der Waals surface area contributed by atoms with Crippen LogP contribution in [-0.4, -0.2) is 16.0 Å². The summed E-state index contributed by atoms with van der Waals surface area (Å²) in [5.41, 5.74) is 2.69. The van der Waals surface area contributed by atoms with Gasteiger partial charge >= 0.3 is 0 Å². The van der Waals surface area contributed by atoms with Gasteiger partial charge in [-0.05, 0) is 36.5 Å². The van der Waals surface area contributed by atoms with Crippen molar-refractivity contribution in [3.8, 4) is 0 Å². The fourth-order valence-electron chi connectivity index (χ4n) is 1.71. The van der Waals surface area contributed by atoms with Crippen LogP contribution in [0.1, 0.15) is 36.5 Å². The number of Topliss-reactive ketones (excluding diaryl/α,β-unsaturated/α-hetero) is 1. The Balaban J connectivity index is 2.67. The molecule has 0 radical (unpaired) electrons. The summed E-state index contributed by atoms with van der Waals surface area (Å²) in [4.78, 5) is 10.8. The highest BCUT2D eigenvalue weighted by Gasteiger charge is 2.01. The highest BCUT2D eigenvalue weighted by molar-refractivity contribution is 5.75. The van der Waals surface area contributed by atoms with Crippen LogP contribution in [0.25, 0.3) is 0 Å². The Labute approximate surface area is 95.7 Å². The number of ketones is 1. The highest BCUT2D eigenvalue weighted by Crippen LogP contribution is 2.13. The van der Waals surface area contributed by atoms with Crippen molar-refractivity contribution in [3.63, 3.8) is 0 Å². The first kappa shape index (κ1) is 12.9. The number of rotatable bonds is 6. The number of aliphatic hydroxyl groups excluding tert-OH is 2. The van der Waals surface area contributed by atoms with Crippen molar-refractivity contribution in [2.75, 3.05) is 0 Å². The normalized spacial score (nSPS) is 10.4. The molecule has 0 aliphatic carbocycles. The third kappa shape index (κ3) is 4.13. The topological polar surface area (TPSA) is 57.5 Å². The number of hydrogen-bond donors (Lipinski definition) is 2. The van der Waals surface area contributed by atoms with E-state index in [0.29, 0.717) is 6.42 Å². The minimum atomic E-state index is -0.0203. The summed E-state index contributed by atoms with van der Waals surface area (Å²) in [6.07, 6.45) is 2.20. The maximum Gasteiger partial charge on any atom is 0.129 e. The van der Waals surface area contributed by atoms with Gasteiger partial charge in [-0.2, -0.15) is 0 Å². The van der Waals surface area contributed by atoms with Crippen molar-refractivity contribution in [1.29, 1.82) is 0 Å². The molecule has 0 aromatic heterocycles. The molecular formula is C13H18O3. The lowest BCUT2D eigenvalue weighted by Gasteiger charge is -2.06. The first-order chi connectivity index (χ1) is 7.65. The molecule has 16 heavy (non-hydrogen) atoms. The van der Waals surface area contributed by atoms with Crippen LogP contribution in [0.2, 0.25) is 0 Å². The van der Waals surface area contributed by atoms with Gasteiger partial charge in [0.25, 0.3) is 0 Å². The second-order valence-electron chi connectivity index (χ2n) is 4.03. The number of carbonyl (C=O) groups excluding carboxylic acids is 1. The van der Waals surface area contributed by atoms with E-state index in [1.807, 2.05) is 12.1 Å². The van der Waals surface area contributed by atoms with Gasteiger partial charge in [-0.15, -0.1) is 0 Å². The monoisotopic (exact) mass is 222 g/mol. The maximum absolute atomic E-state index is 10.8. The molecule has 0 spiro atoms. The highest BCUT2D eigenvalue weighted by atomic mass is 16.3. The van der Waals surface area contributed by atoms with Gasteiger partial charge in [0.15, 0.2) is 0 Å². The zero-order chi connectivity index (χ0) is 12.0. The number of aryl methyl sites for hydroxylation is 1. The van der Waals surface area contributed by atoms with E-state index in [1.165, 1.54) is 0 Å². The molecule has 1 aromatic carbocycles. The van der Waals surface area contributed by atoms with Gasteiger partial charge in [-0.3, -0.25) is 0 Å². The minimum Gasteiger partial charge on any atom is -0.392 e. The van der Waals surface area contributed by atoms with Gasteiger partial charge in [0, 0.05) is 6.42 Å². The zero-order valence-electron chi connectivity index (χ0n) is 9.57. The number of carbonyl (C=O) groups is 1. The van der Waals surface area contributed by atoms with E-state index < -0.39 is 0 Å². The third-order valence-corrected chi connectivity index (χ3v) is 2.47. The first-order valence-corrected chi connectivity index (χ1v) is 5.48. The summed E-state index contributed by atoms with van der Waals surface area (Å²) < 4.78 is 0. The molecule has 0 fully saturated rings. The molecule has 1 rings (SSSR count). The molecule has 3 nitrogen and oxygen atoms in total. The van der Waals surface area contributed by atoms with Crippen LogP contribution < -0.4 is 0 Å². The van der Waals surface area contributed by atoms with Gasteiger partial charge in [0.2, 0.25) is 0 Å². The summed E-state index contributed by atoms with van der Waals surface area (Å²) in [6.45, 7) is 1.55. The number of benzene rings is 1. The van der Waals surface area contributed by atoms with E-state index in [9.17, 15) is 4.79 Å². The Bertz CT molecular complexity index is 336. The van der Waals surface area contributed by atoms with Crippen molar-refractivity contribution in [2.24, 2.45) is 0 Å². The van der Waals surface area contributed by atoms with Gasteiger partial charge in [-0.1, -0.05) is 18.2 Å². The van der Waals surface area contributed by atoms with Crippen LogP contribution in [0.4, 0.5) is 0 Å². The predicted molar refractivity (Wildman–Crippen MR) is 61.9 cm³/mol. The predicted octanol–water partition coefficient (Wildman–Crippen LogP) is 1.58. The molecule has 0 amide bonds. The van der Waals surface area contributed by atoms with Crippen LogP contribution in [0, 0.1) is 0 Å². The van der Waals surface area contributed by atoms with Gasteiger partial charge < -0.3 is 15.0 Å². The summed E-state index contributed by atoms with van der Waals surface area (Å²) in [5.74, 6) is 0.195. The molecule has 0 atom stereocenters. The summed E-state index contributed by atoms with van der Waals surface area (Å²) in [5, 5.41) is 18.1. The molecule has 88 valence electrons. The van der Waals surface area contributed by atoms with Gasteiger partial charge in [0.05, 0.1) is 13.2 Å². The average molecular weight is 222 g/mol. The van der Waals surface area contributed by atoms with Crippen molar-refractivity contribution in [1.82, 2.24) is 0 Å². The quantitative estimate of drug-likeness (QED) is 0.768. The first-order valence-electron chi connectivity index (χ1n) is 5.48. The van der Waals surface area contributed by atoms with Crippen LogP contribution in [0.5, 0.6) is 0 Å². The molecule has 0 saturated heterocycles. The summed E-state index contributed by atoms with van der Waals surface area (Å²) in [7, 11) is 0. The molecule has 1 aromatic rings. The smallest absolute Gasteiger partial charge is 0.129 e. The van der Waals surface area contributed by atoms with Crippen molar-refractivity contribution < 1.29 is 15.0 Å². The van der Waals surface area contributed by atoms with E-state index in [2.05, 4.69) is 0 Å². The molecule has 0 heterocycles. The largest absolute Gasteiger partial charge is 0.392 e. The Hall–Kier alpha value is -1.19. The molecule has 0 bridgehead atoms. The standard InChI is InChI=1S/C13H18O3/c1-10(16)3-2-4-11-5-12(8-14)7-13(6-11)9-15/h5-7,14-15H,2-4,8-9H2,1H3. The summed E-state index contributed by atoms with van der Waals surface area (Å²) in [6, 6.07) is 5.62. The number of hydrogen-bond acceptors (Lipinski definition) is 3. The van der Waals surface area contributed by atoms with Crippen LogP contribution in [0.15, 0.2) is 18.2 Å². The van der Waals surface area contributed by atoms with Crippen molar-refractivity contribution in [2.45, 2.75) is 39.4 Å². The molecule has 2 N–H and O–H groups in total. The van der Waals surface area contributed by atoms with E-state index in [-0.39, 0.29) is 19.0 Å². The SMILES string of the molecule is CC(=O)CCCc1cc(CO)cc(CO)c1. The fraction of sp³-hybridized carbons (Fsp3) is 0.462. The zero-order valence-corrected chi connectivity index (χ0v) is 9.57. The second-order valence-corrected chi connectivity index (χ2v) is 4.03. The lowest BCUT2D eigenvalue weighted by Crippen LogP contribution is -1.96. The van der Waals surface area contributed by atoms with Crippen LogP contribution in [-0.2, 0) is 24.4 Å². The van der Waals surface area contributed by atoms with Crippen LogP contribution in [0.3, 0.4) is 0 Å². The van der Waals surface area contributed by atoms with Gasteiger partial charge in [-0.25, -0.2) is 0 Å². The van der Waals surface area contributed by atoms with Crippen molar-refractivity contribution >= 4 is 5.78 Å². The third-order valence-electron chi connectivity index (χ3n) is 2.47. The second kappa shape index (κ2) is 6.40. The van der Waals surface area contributed by atoms with Gasteiger partial charge in [0.1, 0.15) is 5.78 Å². The summed E-state index contributed by atoms with van der Waals surface area (Å²) >= 11 is 0. The molecule has 0 aliphatic heterocycles. The fourth-order valence-corrected chi connectivity index (χ4v) is 1.71. The average Bonchev–Trinajstić information content (AvgIpc) is 2.28. The Kier molecular flexibility index (Phi) is 5.15. The maximum atomic E-state index is 10.8. The lowest BCUT2D eigenvalue weighted by atomic mass is 10.0. The molecule has 3 heteroatoms. The van der Waals surface area contributed by atoms with E-state index >= 15 is 0 Å². The molecule has 0 unspecified atom stereocenters.